The van der Waals surface area contributed by atoms with Gasteiger partial charge in [-0.15, -0.1) is 5.10 Å². The van der Waals surface area contributed by atoms with Crippen molar-refractivity contribution in [2.45, 2.75) is 19.4 Å². The molecule has 0 amide bonds. The molecule has 3 aromatic rings. The second-order valence-corrected chi connectivity index (χ2v) is 4.54. The number of hydrogen-bond donors (Lipinski definition) is 1. The molecule has 20 heavy (non-hydrogen) atoms. The fourth-order valence-electron chi connectivity index (χ4n) is 2.12. The van der Waals surface area contributed by atoms with Crippen molar-refractivity contribution in [1.29, 1.82) is 0 Å². The number of rotatable bonds is 4. The maximum atomic E-state index is 6.27. The molecule has 1 aromatic carbocycles. The molecule has 0 radical (unpaired) electrons. The summed E-state index contributed by atoms with van der Waals surface area (Å²) in [5.41, 5.74) is 8.00. The van der Waals surface area contributed by atoms with E-state index in [4.69, 9.17) is 10.2 Å². The number of nitrogens with zero attached hydrogens (tertiary/aromatic N) is 3. The van der Waals surface area contributed by atoms with Gasteiger partial charge >= 0.3 is 0 Å². The van der Waals surface area contributed by atoms with Gasteiger partial charge in [0.25, 0.3) is 0 Å². The Kier molecular flexibility index (Phi) is 3.35. The largest absolute Gasteiger partial charge is 0.464 e. The summed E-state index contributed by atoms with van der Waals surface area (Å²) in [6.45, 7) is 2.05. The summed E-state index contributed by atoms with van der Waals surface area (Å²) in [5, 5.41) is 8.07. The molecule has 2 heterocycles. The van der Waals surface area contributed by atoms with Gasteiger partial charge in [-0.05, 0) is 24.3 Å². The van der Waals surface area contributed by atoms with Gasteiger partial charge in [0.05, 0.1) is 17.6 Å². The van der Waals surface area contributed by atoms with E-state index < -0.39 is 0 Å². The van der Waals surface area contributed by atoms with Crippen LogP contribution in [0.4, 0.5) is 0 Å². The van der Waals surface area contributed by atoms with Crippen LogP contribution < -0.4 is 5.73 Å². The zero-order valence-electron chi connectivity index (χ0n) is 11.2. The molecule has 0 saturated carbocycles. The summed E-state index contributed by atoms with van der Waals surface area (Å²) < 4.78 is 7.45. The molecule has 2 N–H and O–H groups in total. The van der Waals surface area contributed by atoms with Gasteiger partial charge < -0.3 is 10.2 Å². The molecule has 5 heteroatoms. The normalized spacial score (nSPS) is 12.5. The highest BCUT2D eigenvalue weighted by Crippen LogP contribution is 2.23. The monoisotopic (exact) mass is 268 g/mol. The number of aromatic nitrogens is 3. The molecule has 0 fully saturated rings. The Bertz CT molecular complexity index is 687. The first-order valence-corrected chi connectivity index (χ1v) is 6.60. The molecule has 5 nitrogen and oxygen atoms in total. The van der Waals surface area contributed by atoms with Crippen LogP contribution in [-0.2, 0) is 6.42 Å². The lowest BCUT2D eigenvalue weighted by Crippen LogP contribution is -2.16. The van der Waals surface area contributed by atoms with Crippen LogP contribution >= 0.6 is 0 Å². The Morgan fingerprint density at radius 1 is 1.20 bits per heavy atom. The average Bonchev–Trinajstić information content (AvgIpc) is 3.16. The van der Waals surface area contributed by atoms with Crippen molar-refractivity contribution in [1.82, 2.24) is 15.0 Å². The average molecular weight is 268 g/mol. The van der Waals surface area contributed by atoms with Crippen molar-refractivity contribution in [3.8, 4) is 5.69 Å². The minimum absolute atomic E-state index is 0.384. The lowest BCUT2D eigenvalue weighted by atomic mass is 10.2. The van der Waals surface area contributed by atoms with Gasteiger partial charge in [-0.25, -0.2) is 4.68 Å². The molecule has 0 bridgehead atoms. The van der Waals surface area contributed by atoms with E-state index >= 15 is 0 Å². The summed E-state index contributed by atoms with van der Waals surface area (Å²) in [5.74, 6) is 1.65. The van der Waals surface area contributed by atoms with E-state index in [9.17, 15) is 0 Å². The Hall–Kier alpha value is -2.40. The first-order chi connectivity index (χ1) is 9.79. The van der Waals surface area contributed by atoms with Gasteiger partial charge in [-0.1, -0.05) is 30.3 Å². The Morgan fingerprint density at radius 3 is 2.70 bits per heavy atom. The lowest BCUT2D eigenvalue weighted by molar-refractivity contribution is 0.448. The smallest absolute Gasteiger partial charge is 0.127 e. The summed E-state index contributed by atoms with van der Waals surface area (Å²) >= 11 is 0. The summed E-state index contributed by atoms with van der Waals surface area (Å²) in [6.07, 6.45) is 2.52. The maximum Gasteiger partial charge on any atom is 0.127 e. The molecule has 3 rings (SSSR count). The van der Waals surface area contributed by atoms with Crippen LogP contribution in [-0.4, -0.2) is 15.0 Å². The van der Waals surface area contributed by atoms with Crippen LogP contribution in [0.3, 0.4) is 0 Å². The van der Waals surface area contributed by atoms with Crippen LogP contribution in [0.25, 0.3) is 5.69 Å². The quantitative estimate of drug-likeness (QED) is 0.789. The van der Waals surface area contributed by atoms with Crippen molar-refractivity contribution in [2.24, 2.45) is 5.73 Å². The maximum absolute atomic E-state index is 6.27. The van der Waals surface area contributed by atoms with Gasteiger partial charge in [-0.2, -0.15) is 0 Å². The highest BCUT2D eigenvalue weighted by Gasteiger charge is 2.19. The first-order valence-electron chi connectivity index (χ1n) is 6.60. The molecular weight excluding hydrogens is 252 g/mol. The highest BCUT2D eigenvalue weighted by atomic mass is 16.3. The van der Waals surface area contributed by atoms with Crippen molar-refractivity contribution >= 4 is 0 Å². The molecule has 0 saturated heterocycles. The topological polar surface area (TPSA) is 69.9 Å². The van der Waals surface area contributed by atoms with E-state index in [0.717, 1.165) is 29.3 Å². The fraction of sp³-hybridized carbons (Fsp3) is 0.200. The van der Waals surface area contributed by atoms with Gasteiger partial charge in [0.2, 0.25) is 0 Å². The Labute approximate surface area is 117 Å². The van der Waals surface area contributed by atoms with E-state index in [2.05, 4.69) is 10.3 Å². The highest BCUT2D eigenvalue weighted by molar-refractivity contribution is 5.33. The van der Waals surface area contributed by atoms with Gasteiger partial charge in [0.1, 0.15) is 17.6 Å². The third kappa shape index (κ3) is 2.23. The molecule has 0 spiro atoms. The molecule has 0 aliphatic rings. The van der Waals surface area contributed by atoms with Gasteiger partial charge in [0, 0.05) is 6.42 Å². The molecule has 1 unspecified atom stereocenters. The second-order valence-electron chi connectivity index (χ2n) is 4.54. The minimum atomic E-state index is -0.384. The minimum Gasteiger partial charge on any atom is -0.464 e. The SMILES string of the molecule is CCc1ccc(C(N)c2cnnn2-c2ccccc2)o1. The zero-order chi connectivity index (χ0) is 13.9. The van der Waals surface area contributed by atoms with E-state index in [-0.39, 0.29) is 6.04 Å². The van der Waals surface area contributed by atoms with Crippen molar-refractivity contribution < 1.29 is 4.42 Å². The van der Waals surface area contributed by atoms with Crippen LogP contribution in [0.5, 0.6) is 0 Å². The number of hydrogen-bond acceptors (Lipinski definition) is 4. The summed E-state index contributed by atoms with van der Waals surface area (Å²) in [6, 6.07) is 13.3. The van der Waals surface area contributed by atoms with Gasteiger partial charge in [-0.3, -0.25) is 0 Å². The van der Waals surface area contributed by atoms with Crippen LogP contribution in [0.1, 0.15) is 30.2 Å². The predicted molar refractivity (Wildman–Crippen MR) is 75.5 cm³/mol. The van der Waals surface area contributed by atoms with Gasteiger partial charge in [0.15, 0.2) is 0 Å². The van der Waals surface area contributed by atoms with Crippen molar-refractivity contribution in [3.05, 3.63) is 65.9 Å². The molecule has 0 aliphatic heterocycles. The number of furan rings is 1. The third-order valence-electron chi connectivity index (χ3n) is 3.23. The molecular formula is C15H16N4O. The number of aryl methyl sites for hydroxylation is 1. The molecule has 1 atom stereocenters. The van der Waals surface area contributed by atoms with Crippen LogP contribution in [0.15, 0.2) is 53.1 Å². The van der Waals surface area contributed by atoms with E-state index in [1.165, 1.54) is 0 Å². The lowest BCUT2D eigenvalue weighted by Gasteiger charge is -2.11. The fourth-order valence-corrected chi connectivity index (χ4v) is 2.12. The number of para-hydroxylation sites is 1. The Balaban J connectivity index is 1.97. The molecule has 0 aliphatic carbocycles. The number of benzene rings is 1. The van der Waals surface area contributed by atoms with Crippen molar-refractivity contribution in [3.63, 3.8) is 0 Å². The van der Waals surface area contributed by atoms with Crippen molar-refractivity contribution in [2.75, 3.05) is 0 Å². The van der Waals surface area contributed by atoms with Crippen LogP contribution in [0, 0.1) is 0 Å². The zero-order valence-corrected chi connectivity index (χ0v) is 11.2. The van der Waals surface area contributed by atoms with E-state index in [0.29, 0.717) is 0 Å². The van der Waals surface area contributed by atoms with E-state index in [1.54, 1.807) is 10.9 Å². The van der Waals surface area contributed by atoms with Crippen LogP contribution in [0.2, 0.25) is 0 Å². The summed E-state index contributed by atoms with van der Waals surface area (Å²) in [7, 11) is 0. The summed E-state index contributed by atoms with van der Waals surface area (Å²) in [4.78, 5) is 0. The predicted octanol–water partition coefficient (Wildman–Crippen LogP) is 2.47. The molecule has 102 valence electrons. The van der Waals surface area contributed by atoms with E-state index in [1.807, 2.05) is 49.4 Å². The molecule has 2 aromatic heterocycles. The third-order valence-corrected chi connectivity index (χ3v) is 3.23. The Morgan fingerprint density at radius 2 is 2.00 bits per heavy atom. The second kappa shape index (κ2) is 5.30. The number of nitrogens with two attached hydrogens (primary N) is 1. The first kappa shape index (κ1) is 12.6. The standard InChI is InChI=1S/C15H16N4O/c1-2-12-8-9-14(20-12)15(16)13-10-17-18-19(13)11-6-4-3-5-7-11/h3-10,15H,2,16H2,1H3.